The van der Waals surface area contributed by atoms with Gasteiger partial charge in [-0.3, -0.25) is 14.4 Å². The van der Waals surface area contributed by atoms with Crippen LogP contribution in [0.5, 0.6) is 0 Å². The second-order valence-electron chi connectivity index (χ2n) is 14.8. The molecule has 0 aromatic carbocycles. The average molecular weight is 702 g/mol. The standard InChI is InChI=1S/C39H59NO10/c1-7-28-19-24(2)13-12-17-32(47-5)35-34(48-6)21-26(4)39(46,50-35)36(43)37(44)40-18-11-10-16-30(40)38(45)49-33(23-29(41)22-31(28)42)25(3)20-27-14-8-9-15-27/h14,19-20,26,28-30,32-35,41,46H,7-13,15-18,21-23H2,1-6H3/b24-19+,25-20+/t26?,28?,29-,30-,32-,33-,34?,35?,39?/m0/s1. The van der Waals surface area contributed by atoms with E-state index in [0.29, 0.717) is 38.5 Å². The van der Waals surface area contributed by atoms with Gasteiger partial charge in [0.1, 0.15) is 24.0 Å². The van der Waals surface area contributed by atoms with Gasteiger partial charge in [-0.25, -0.2) is 4.79 Å². The van der Waals surface area contributed by atoms with Crippen LogP contribution in [0.15, 0.2) is 34.9 Å². The van der Waals surface area contributed by atoms with E-state index >= 15 is 0 Å². The van der Waals surface area contributed by atoms with Crippen molar-refractivity contribution in [1.82, 2.24) is 4.90 Å². The summed E-state index contributed by atoms with van der Waals surface area (Å²) in [4.78, 5) is 56.6. The van der Waals surface area contributed by atoms with Crippen LogP contribution in [0, 0.1) is 11.8 Å². The molecule has 1 aliphatic carbocycles. The Hall–Kier alpha value is -2.70. The molecule has 2 N–H and O–H groups in total. The van der Waals surface area contributed by atoms with E-state index < -0.39 is 65.9 Å². The number of cyclic esters (lactones) is 1. The van der Waals surface area contributed by atoms with Gasteiger partial charge in [0.05, 0.1) is 18.3 Å². The van der Waals surface area contributed by atoms with Crippen molar-refractivity contribution in [3.8, 4) is 0 Å². The number of nitrogens with zero attached hydrogens (tertiary/aromatic N) is 1. The number of esters is 1. The summed E-state index contributed by atoms with van der Waals surface area (Å²) in [5.74, 6) is -6.53. The van der Waals surface area contributed by atoms with Gasteiger partial charge in [-0.2, -0.15) is 0 Å². The van der Waals surface area contributed by atoms with E-state index in [1.807, 2.05) is 32.9 Å². The van der Waals surface area contributed by atoms with Crippen LogP contribution in [0.4, 0.5) is 0 Å². The highest BCUT2D eigenvalue weighted by Crippen LogP contribution is 2.38. The van der Waals surface area contributed by atoms with Crippen molar-refractivity contribution in [2.75, 3.05) is 20.8 Å². The van der Waals surface area contributed by atoms with Crippen LogP contribution in [-0.4, -0.2) is 102 Å². The van der Waals surface area contributed by atoms with Crippen LogP contribution in [0.25, 0.3) is 0 Å². The Morgan fingerprint density at radius 3 is 2.44 bits per heavy atom. The third-order valence-electron chi connectivity index (χ3n) is 11.0. The van der Waals surface area contributed by atoms with Crippen LogP contribution in [-0.2, 0) is 38.1 Å². The summed E-state index contributed by atoms with van der Waals surface area (Å²) in [7, 11) is 3.07. The minimum Gasteiger partial charge on any atom is -0.456 e. The number of amides is 1. The molecule has 280 valence electrons. The number of ketones is 2. The molecular formula is C39H59NO10. The Kier molecular flexibility index (Phi) is 14.6. The summed E-state index contributed by atoms with van der Waals surface area (Å²) in [5.41, 5.74) is 2.87. The van der Waals surface area contributed by atoms with Crippen molar-refractivity contribution in [1.29, 1.82) is 0 Å². The highest BCUT2D eigenvalue weighted by Gasteiger charge is 2.56. The second-order valence-corrected chi connectivity index (χ2v) is 14.8. The molecule has 3 heterocycles. The molecule has 9 atom stereocenters. The van der Waals surface area contributed by atoms with Gasteiger partial charge in [-0.05, 0) is 90.0 Å². The summed E-state index contributed by atoms with van der Waals surface area (Å²) >= 11 is 0. The monoisotopic (exact) mass is 701 g/mol. The highest BCUT2D eigenvalue weighted by molar-refractivity contribution is 6.39. The number of allylic oxidation sites excluding steroid dienone is 5. The first-order chi connectivity index (χ1) is 23.8. The second kappa shape index (κ2) is 18.2. The zero-order valence-electron chi connectivity index (χ0n) is 30.9. The normalized spacial score (nSPS) is 37.3. The van der Waals surface area contributed by atoms with Gasteiger partial charge in [0, 0.05) is 45.4 Å². The quantitative estimate of drug-likeness (QED) is 0.230. The van der Waals surface area contributed by atoms with Crippen LogP contribution >= 0.6 is 0 Å². The Morgan fingerprint density at radius 1 is 1.04 bits per heavy atom. The van der Waals surface area contributed by atoms with E-state index in [4.69, 9.17) is 18.9 Å². The molecule has 11 heteroatoms. The van der Waals surface area contributed by atoms with Gasteiger partial charge in [-0.15, -0.1) is 0 Å². The van der Waals surface area contributed by atoms with Gasteiger partial charge in [0.25, 0.3) is 11.7 Å². The van der Waals surface area contributed by atoms with Crippen LogP contribution < -0.4 is 0 Å². The van der Waals surface area contributed by atoms with Crippen molar-refractivity contribution in [2.24, 2.45) is 11.8 Å². The smallest absolute Gasteiger partial charge is 0.329 e. The molecule has 4 rings (SSSR count). The number of methoxy groups -OCH3 is 2. The maximum Gasteiger partial charge on any atom is 0.329 e. The topological polar surface area (TPSA) is 149 Å². The summed E-state index contributed by atoms with van der Waals surface area (Å²) < 4.78 is 23.8. The lowest BCUT2D eigenvalue weighted by atomic mass is 9.83. The van der Waals surface area contributed by atoms with E-state index in [1.54, 1.807) is 6.92 Å². The minimum absolute atomic E-state index is 0.0113. The fraction of sp³-hybridized carbons (Fsp3) is 0.744. The number of rotatable bonds is 5. The number of carbonyl (C=O) groups is 4. The summed E-state index contributed by atoms with van der Waals surface area (Å²) in [5, 5.41) is 23.1. The first-order valence-corrected chi connectivity index (χ1v) is 18.6. The molecule has 2 fully saturated rings. The lowest BCUT2D eigenvalue weighted by Gasteiger charge is -2.46. The van der Waals surface area contributed by atoms with E-state index in [1.165, 1.54) is 19.1 Å². The largest absolute Gasteiger partial charge is 0.456 e. The van der Waals surface area contributed by atoms with Gasteiger partial charge >= 0.3 is 5.97 Å². The predicted octanol–water partition coefficient (Wildman–Crippen LogP) is 4.92. The number of aliphatic hydroxyl groups is 2. The molecule has 3 aliphatic heterocycles. The first kappa shape index (κ1) is 40.1. The molecule has 2 bridgehead atoms. The van der Waals surface area contributed by atoms with E-state index in [-0.39, 0.29) is 43.9 Å². The number of aliphatic hydroxyl groups excluding tert-OH is 1. The zero-order chi connectivity index (χ0) is 36.6. The maximum absolute atomic E-state index is 14.0. The van der Waals surface area contributed by atoms with E-state index in [9.17, 15) is 29.4 Å². The Balaban J connectivity index is 1.71. The number of hydrogen-bond acceptors (Lipinski definition) is 10. The molecular weight excluding hydrogens is 642 g/mol. The molecule has 1 amide bonds. The fourth-order valence-corrected chi connectivity index (χ4v) is 7.90. The first-order valence-electron chi connectivity index (χ1n) is 18.6. The van der Waals surface area contributed by atoms with Crippen LogP contribution in [0.1, 0.15) is 111 Å². The van der Waals surface area contributed by atoms with E-state index in [0.717, 1.165) is 36.0 Å². The number of fused-ring (bicyclic) bond motifs is 3. The van der Waals surface area contributed by atoms with Crippen LogP contribution in [0.3, 0.4) is 0 Å². The fourth-order valence-electron chi connectivity index (χ4n) is 7.90. The Bertz CT molecular complexity index is 1320. The molecule has 11 nitrogen and oxygen atoms in total. The van der Waals surface area contributed by atoms with Crippen molar-refractivity contribution < 1.29 is 48.3 Å². The highest BCUT2D eigenvalue weighted by atomic mass is 16.7. The van der Waals surface area contributed by atoms with Gasteiger partial charge in [0.2, 0.25) is 5.79 Å². The molecule has 0 saturated carbocycles. The minimum atomic E-state index is -2.45. The summed E-state index contributed by atoms with van der Waals surface area (Å²) in [6.07, 6.45) is 9.23. The molecule has 0 radical (unpaired) electrons. The SMILES string of the molecule is CCC1/C=C(\C)CCC[C@H](OC)C2OC(O)(C(=O)C(=O)N3CCCC[C@H]3C(=O)O[C@H](/C(C)=C/C3=CCCC3)C[C@@H](O)CC1=O)C(C)CC2OC. The van der Waals surface area contributed by atoms with Gasteiger partial charge in [-0.1, -0.05) is 43.2 Å². The molecule has 0 aromatic rings. The van der Waals surface area contributed by atoms with Gasteiger partial charge in [0.15, 0.2) is 0 Å². The molecule has 50 heavy (non-hydrogen) atoms. The third-order valence-corrected chi connectivity index (χ3v) is 11.0. The maximum atomic E-state index is 14.0. The number of carbonyl (C=O) groups excluding carboxylic acids is 4. The number of ether oxygens (including phenoxy) is 4. The van der Waals surface area contributed by atoms with Crippen molar-refractivity contribution in [3.63, 3.8) is 0 Å². The Morgan fingerprint density at radius 2 is 1.78 bits per heavy atom. The number of piperidine rings is 1. The van der Waals surface area contributed by atoms with Crippen molar-refractivity contribution in [2.45, 2.75) is 154 Å². The number of Topliss-reactive ketones (excluding diaryl/α,β-unsaturated/α-hetero) is 2. The van der Waals surface area contributed by atoms with Crippen molar-refractivity contribution >= 4 is 23.4 Å². The summed E-state index contributed by atoms with van der Waals surface area (Å²) in [6, 6.07) is -1.07. The predicted molar refractivity (Wildman–Crippen MR) is 187 cm³/mol. The lowest BCUT2D eigenvalue weighted by molar-refractivity contribution is -0.302. The molecule has 0 spiro atoms. The molecule has 2 saturated heterocycles. The van der Waals surface area contributed by atoms with Crippen molar-refractivity contribution in [3.05, 3.63) is 34.9 Å². The lowest BCUT2D eigenvalue weighted by Crippen LogP contribution is -2.64. The molecule has 5 unspecified atom stereocenters. The number of hydrogen-bond donors (Lipinski definition) is 2. The zero-order valence-corrected chi connectivity index (χ0v) is 30.9. The summed E-state index contributed by atoms with van der Waals surface area (Å²) in [6.45, 7) is 7.53. The Labute approximate surface area is 297 Å². The third kappa shape index (κ3) is 9.59. The van der Waals surface area contributed by atoms with Gasteiger partial charge < -0.3 is 34.1 Å². The molecule has 4 aliphatic rings. The van der Waals surface area contributed by atoms with Crippen LogP contribution in [0.2, 0.25) is 0 Å². The van der Waals surface area contributed by atoms with E-state index in [2.05, 4.69) is 6.08 Å². The molecule has 0 aromatic heterocycles. The average Bonchev–Trinajstić information content (AvgIpc) is 3.61.